The molecule has 1 aliphatic heterocycles. The fourth-order valence-corrected chi connectivity index (χ4v) is 6.32. The van der Waals surface area contributed by atoms with Gasteiger partial charge in [0, 0.05) is 17.5 Å². The second-order valence-electron chi connectivity index (χ2n) is 9.61. The largest absolute Gasteiger partial charge is 0.508 e. The van der Waals surface area contributed by atoms with Crippen molar-refractivity contribution in [3.05, 3.63) is 28.8 Å². The maximum absolute atomic E-state index is 11.9. The highest BCUT2D eigenvalue weighted by molar-refractivity contribution is 5.52. The zero-order valence-corrected chi connectivity index (χ0v) is 16.1. The predicted octanol–water partition coefficient (Wildman–Crippen LogP) is 2.35. The summed E-state index contributed by atoms with van der Waals surface area (Å²) in [6.45, 7) is 0.959. The van der Waals surface area contributed by atoms with Gasteiger partial charge in [-0.15, -0.1) is 0 Å². The Morgan fingerprint density at radius 3 is 2.73 bits per heavy atom. The van der Waals surface area contributed by atoms with Crippen LogP contribution in [-0.4, -0.2) is 53.4 Å². The Balaban J connectivity index is 1.67. The number of phenols is 1. The molecule has 0 amide bonds. The molecule has 3 N–H and O–H groups in total. The van der Waals surface area contributed by atoms with Gasteiger partial charge in [0.15, 0.2) is 0 Å². The summed E-state index contributed by atoms with van der Waals surface area (Å²) in [5.41, 5.74) is 3.12. The minimum absolute atomic E-state index is 0.148. The Morgan fingerprint density at radius 2 is 2.00 bits per heavy atom. The quantitative estimate of drug-likeness (QED) is 0.778. The first-order valence-corrected chi connectivity index (χ1v) is 10.4. The number of aliphatic hydroxyl groups is 1. The lowest BCUT2D eigenvalue weighted by atomic mass is 9.49. The van der Waals surface area contributed by atoms with Gasteiger partial charge < -0.3 is 20.4 Å². The Kier molecular flexibility index (Phi) is 3.73. The highest BCUT2D eigenvalue weighted by atomic mass is 16.3. The third kappa shape index (κ3) is 2.31. The number of aromatic hydroxyl groups is 1. The van der Waals surface area contributed by atoms with Crippen LogP contribution in [0.3, 0.4) is 0 Å². The molecule has 2 bridgehead atoms. The second kappa shape index (κ2) is 5.70. The van der Waals surface area contributed by atoms with E-state index in [0.717, 1.165) is 51.0 Å². The topological polar surface area (TPSA) is 55.7 Å². The Morgan fingerprint density at radius 1 is 1.19 bits per heavy atom. The van der Waals surface area contributed by atoms with Gasteiger partial charge in [0.1, 0.15) is 5.75 Å². The van der Waals surface area contributed by atoms with Gasteiger partial charge in [0.05, 0.1) is 5.60 Å². The first-order valence-electron chi connectivity index (χ1n) is 10.4. The van der Waals surface area contributed by atoms with E-state index < -0.39 is 5.60 Å². The summed E-state index contributed by atoms with van der Waals surface area (Å²) in [6.07, 6.45) is 8.50. The van der Waals surface area contributed by atoms with E-state index in [1.165, 1.54) is 29.5 Å². The minimum atomic E-state index is -0.685. The predicted molar refractivity (Wildman–Crippen MR) is 103 cm³/mol. The summed E-state index contributed by atoms with van der Waals surface area (Å²) in [6, 6.07) is 4.64. The van der Waals surface area contributed by atoms with Crippen molar-refractivity contribution in [3.63, 3.8) is 0 Å². The normalized spacial score (nSPS) is 38.8. The van der Waals surface area contributed by atoms with Crippen LogP contribution in [0.1, 0.15) is 55.2 Å². The highest BCUT2D eigenvalue weighted by Gasteiger charge is 2.63. The molecule has 4 heteroatoms. The average Bonchev–Trinajstić information content (AvgIpc) is 3.39. The number of nitrogens with zero attached hydrogens (tertiary/aromatic N) is 1. The first kappa shape index (κ1) is 17.0. The number of phenolic OH excluding ortho intramolecular Hbond substituents is 1. The lowest BCUT2D eigenvalue weighted by Crippen LogP contribution is -2.73. The fourth-order valence-electron chi connectivity index (χ4n) is 6.32. The molecular weight excluding hydrogens is 324 g/mol. The molecule has 4 atom stereocenters. The summed E-state index contributed by atoms with van der Waals surface area (Å²) in [5.74, 6) is 1.19. The molecular formula is C22H32N2O2. The number of hydrogen-bond acceptors (Lipinski definition) is 4. The molecule has 142 valence electrons. The SMILES string of the molecule is CN(C)C1CCC2(O)C3Cc4c(CC5CC5)cc(O)cc4C2(CCN3)C1. The number of fused-ring (bicyclic) bond motifs is 1. The second-order valence-corrected chi connectivity index (χ2v) is 9.61. The van der Waals surface area contributed by atoms with Crippen molar-refractivity contribution in [3.8, 4) is 5.75 Å². The van der Waals surface area contributed by atoms with Gasteiger partial charge in [0.2, 0.25) is 0 Å². The lowest BCUT2D eigenvalue weighted by molar-refractivity contribution is -0.136. The van der Waals surface area contributed by atoms with Gasteiger partial charge in [-0.05, 0) is 107 Å². The minimum Gasteiger partial charge on any atom is -0.508 e. The van der Waals surface area contributed by atoms with E-state index in [2.05, 4.69) is 24.3 Å². The number of rotatable bonds is 3. The van der Waals surface area contributed by atoms with Crippen LogP contribution < -0.4 is 5.32 Å². The average molecular weight is 357 g/mol. The number of hydrogen-bond donors (Lipinski definition) is 3. The van der Waals surface area contributed by atoms with E-state index in [1.54, 1.807) is 0 Å². The zero-order valence-electron chi connectivity index (χ0n) is 16.1. The maximum atomic E-state index is 11.9. The molecule has 5 rings (SSSR count). The van der Waals surface area contributed by atoms with Gasteiger partial charge in [-0.25, -0.2) is 0 Å². The summed E-state index contributed by atoms with van der Waals surface area (Å²) in [5, 5.41) is 26.1. The van der Waals surface area contributed by atoms with Crippen molar-refractivity contribution in [2.75, 3.05) is 20.6 Å². The number of piperidine rings is 1. The Bertz CT molecular complexity index is 729. The van der Waals surface area contributed by atoms with Crippen LogP contribution in [0.25, 0.3) is 0 Å². The molecule has 0 aromatic heterocycles. The van der Waals surface area contributed by atoms with E-state index in [0.29, 0.717) is 11.8 Å². The van der Waals surface area contributed by atoms with Crippen molar-refractivity contribution < 1.29 is 10.2 Å². The van der Waals surface area contributed by atoms with Crippen molar-refractivity contribution in [1.82, 2.24) is 10.2 Å². The molecule has 4 unspecified atom stereocenters. The lowest BCUT2D eigenvalue weighted by Gasteiger charge is -2.63. The molecule has 3 aliphatic carbocycles. The molecule has 1 heterocycles. The molecule has 26 heavy (non-hydrogen) atoms. The molecule has 4 aliphatic rings. The van der Waals surface area contributed by atoms with E-state index in [-0.39, 0.29) is 11.5 Å². The zero-order chi connectivity index (χ0) is 18.1. The highest BCUT2D eigenvalue weighted by Crippen LogP contribution is 2.58. The fraction of sp³-hybridized carbons (Fsp3) is 0.727. The third-order valence-electron chi connectivity index (χ3n) is 7.98. The van der Waals surface area contributed by atoms with E-state index in [1.807, 2.05) is 12.1 Å². The number of nitrogens with one attached hydrogen (secondary N) is 1. The van der Waals surface area contributed by atoms with Crippen molar-refractivity contribution >= 4 is 0 Å². The Hall–Kier alpha value is -1.10. The summed E-state index contributed by atoms with van der Waals surface area (Å²) in [7, 11) is 4.32. The molecule has 1 aromatic rings. The molecule has 1 saturated heterocycles. The van der Waals surface area contributed by atoms with E-state index in [9.17, 15) is 10.2 Å². The standard InChI is InChI=1S/C22H32N2O2/c1-24(2)16-5-6-22(26)20-12-18-15(9-14-3-4-14)10-17(25)11-19(18)21(22,13-16)7-8-23-20/h10-11,14,16,20,23,25-26H,3-9,12-13H2,1-2H3. The van der Waals surface area contributed by atoms with Crippen LogP contribution in [0, 0.1) is 5.92 Å². The molecule has 0 radical (unpaired) electrons. The maximum Gasteiger partial charge on any atom is 0.116 e. The number of benzene rings is 1. The molecule has 3 fully saturated rings. The first-order chi connectivity index (χ1) is 12.4. The van der Waals surface area contributed by atoms with Crippen molar-refractivity contribution in [2.24, 2.45) is 5.92 Å². The summed E-state index contributed by atoms with van der Waals surface area (Å²) >= 11 is 0. The summed E-state index contributed by atoms with van der Waals surface area (Å²) in [4.78, 5) is 2.33. The molecule has 1 aromatic carbocycles. The van der Waals surface area contributed by atoms with Crippen LogP contribution in [0.5, 0.6) is 5.75 Å². The van der Waals surface area contributed by atoms with Crippen LogP contribution >= 0.6 is 0 Å². The van der Waals surface area contributed by atoms with Crippen LogP contribution in [-0.2, 0) is 18.3 Å². The third-order valence-corrected chi connectivity index (χ3v) is 7.98. The molecule has 0 spiro atoms. The Labute approximate surface area is 156 Å². The van der Waals surface area contributed by atoms with Crippen molar-refractivity contribution in [1.29, 1.82) is 0 Å². The van der Waals surface area contributed by atoms with Gasteiger partial charge in [-0.1, -0.05) is 0 Å². The van der Waals surface area contributed by atoms with Gasteiger partial charge in [-0.3, -0.25) is 0 Å². The summed E-state index contributed by atoms with van der Waals surface area (Å²) < 4.78 is 0. The molecule has 2 saturated carbocycles. The smallest absolute Gasteiger partial charge is 0.116 e. The van der Waals surface area contributed by atoms with Crippen molar-refractivity contribution in [2.45, 2.75) is 74.5 Å². The van der Waals surface area contributed by atoms with E-state index >= 15 is 0 Å². The van der Waals surface area contributed by atoms with Gasteiger partial charge >= 0.3 is 0 Å². The monoisotopic (exact) mass is 356 g/mol. The van der Waals surface area contributed by atoms with E-state index in [4.69, 9.17) is 0 Å². The van der Waals surface area contributed by atoms with Gasteiger partial charge in [0.25, 0.3) is 0 Å². The van der Waals surface area contributed by atoms with Crippen LogP contribution in [0.2, 0.25) is 0 Å². The van der Waals surface area contributed by atoms with Gasteiger partial charge in [-0.2, -0.15) is 0 Å². The van der Waals surface area contributed by atoms with Crippen LogP contribution in [0.15, 0.2) is 12.1 Å². The molecule has 4 nitrogen and oxygen atoms in total. The van der Waals surface area contributed by atoms with Crippen LogP contribution in [0.4, 0.5) is 0 Å².